The Balaban J connectivity index is 3.20. The molecule has 1 rings (SSSR count). The van der Waals surface area contributed by atoms with Gasteiger partial charge in [-0.05, 0) is 24.3 Å². The van der Waals surface area contributed by atoms with E-state index in [1.165, 1.54) is 0 Å². The summed E-state index contributed by atoms with van der Waals surface area (Å²) in [5.74, 6) is -0.312. The van der Waals surface area contributed by atoms with E-state index in [1.54, 1.807) is 11.8 Å². The van der Waals surface area contributed by atoms with Crippen molar-refractivity contribution in [3.63, 3.8) is 0 Å². The third-order valence-electron chi connectivity index (χ3n) is 2.78. The predicted octanol–water partition coefficient (Wildman–Crippen LogP) is 1.96. The lowest BCUT2D eigenvalue weighted by Gasteiger charge is -2.22. The van der Waals surface area contributed by atoms with Crippen molar-refractivity contribution in [2.75, 3.05) is 11.6 Å². The van der Waals surface area contributed by atoms with E-state index in [2.05, 4.69) is 5.32 Å². The number of nitrogens with one attached hydrogen (secondary N) is 1. The molecule has 0 radical (unpaired) electrons. The first-order valence-corrected chi connectivity index (χ1v) is 7.54. The quantitative estimate of drug-likeness (QED) is 0.552. The Morgan fingerprint density at radius 1 is 1.37 bits per heavy atom. The van der Waals surface area contributed by atoms with Crippen molar-refractivity contribution in [1.82, 2.24) is 0 Å². The van der Waals surface area contributed by atoms with Gasteiger partial charge < -0.3 is 16.8 Å². The molecule has 5 N–H and O–H groups in total. The fourth-order valence-electron chi connectivity index (χ4n) is 1.81. The maximum Gasteiger partial charge on any atom is 0.240 e. The number of nitrogens with two attached hydrogens (primary N) is 2. The van der Waals surface area contributed by atoms with Crippen LogP contribution in [0.25, 0.3) is 0 Å². The molecule has 0 spiro atoms. The molecule has 0 saturated heterocycles. The molecule has 19 heavy (non-hydrogen) atoms. The molecule has 0 aliphatic heterocycles. The van der Waals surface area contributed by atoms with Crippen molar-refractivity contribution < 1.29 is 4.79 Å². The SMILES string of the molecule is CSc1cccc(NC(C(N)=O)C(C)C)c1C(N)=S. The highest BCUT2D eigenvalue weighted by Gasteiger charge is 2.21. The first-order chi connectivity index (χ1) is 8.88. The topological polar surface area (TPSA) is 81.1 Å². The molecule has 1 aromatic carbocycles. The van der Waals surface area contributed by atoms with Crippen molar-refractivity contribution in [3.8, 4) is 0 Å². The Hall–Kier alpha value is -1.27. The van der Waals surface area contributed by atoms with Crippen LogP contribution in [0.3, 0.4) is 0 Å². The normalized spacial score (nSPS) is 12.2. The molecule has 4 nitrogen and oxygen atoms in total. The van der Waals surface area contributed by atoms with E-state index in [0.717, 1.165) is 16.1 Å². The van der Waals surface area contributed by atoms with Gasteiger partial charge in [-0.2, -0.15) is 0 Å². The van der Waals surface area contributed by atoms with Gasteiger partial charge >= 0.3 is 0 Å². The molecular weight excluding hydrogens is 278 g/mol. The number of carbonyl (C=O) groups excluding carboxylic acids is 1. The maximum absolute atomic E-state index is 11.5. The van der Waals surface area contributed by atoms with Gasteiger partial charge in [0.05, 0.1) is 0 Å². The van der Waals surface area contributed by atoms with Crippen LogP contribution >= 0.6 is 24.0 Å². The van der Waals surface area contributed by atoms with Crippen molar-refractivity contribution in [1.29, 1.82) is 0 Å². The van der Waals surface area contributed by atoms with Crippen LogP contribution in [0.5, 0.6) is 0 Å². The van der Waals surface area contributed by atoms with Gasteiger partial charge in [-0.25, -0.2) is 0 Å². The summed E-state index contributed by atoms with van der Waals surface area (Å²) < 4.78 is 0. The molecule has 0 fully saturated rings. The van der Waals surface area contributed by atoms with Gasteiger partial charge in [0.2, 0.25) is 5.91 Å². The molecule has 0 aliphatic carbocycles. The number of anilines is 1. The lowest BCUT2D eigenvalue weighted by molar-refractivity contribution is -0.119. The van der Waals surface area contributed by atoms with E-state index >= 15 is 0 Å². The largest absolute Gasteiger partial charge is 0.389 e. The van der Waals surface area contributed by atoms with Gasteiger partial charge in [0.1, 0.15) is 11.0 Å². The molecule has 0 bridgehead atoms. The Kier molecular flexibility index (Phi) is 5.62. The van der Waals surface area contributed by atoms with Crippen LogP contribution in [0.2, 0.25) is 0 Å². The summed E-state index contributed by atoms with van der Waals surface area (Å²) in [5.41, 5.74) is 12.7. The van der Waals surface area contributed by atoms with Crippen LogP contribution in [0.15, 0.2) is 23.1 Å². The first kappa shape index (κ1) is 15.8. The molecule has 104 valence electrons. The third-order valence-corrected chi connectivity index (χ3v) is 3.76. The zero-order chi connectivity index (χ0) is 14.6. The minimum atomic E-state index is -0.454. The molecule has 6 heteroatoms. The second-order valence-electron chi connectivity index (χ2n) is 4.52. The van der Waals surface area contributed by atoms with E-state index in [1.807, 2.05) is 38.3 Å². The Labute approximate surface area is 123 Å². The van der Waals surface area contributed by atoms with Gasteiger partial charge in [0.25, 0.3) is 0 Å². The summed E-state index contributed by atoms with van der Waals surface area (Å²) >= 11 is 6.65. The van der Waals surface area contributed by atoms with E-state index in [4.69, 9.17) is 23.7 Å². The average molecular weight is 297 g/mol. The lowest BCUT2D eigenvalue weighted by atomic mass is 10.0. The third kappa shape index (κ3) is 3.84. The highest BCUT2D eigenvalue weighted by Crippen LogP contribution is 2.28. The number of thiocarbonyl (C=S) groups is 1. The average Bonchev–Trinajstić information content (AvgIpc) is 2.34. The van der Waals surface area contributed by atoms with Crippen molar-refractivity contribution in [2.24, 2.45) is 17.4 Å². The van der Waals surface area contributed by atoms with E-state index in [-0.39, 0.29) is 5.92 Å². The van der Waals surface area contributed by atoms with Crippen LogP contribution in [0, 0.1) is 5.92 Å². The summed E-state index contributed by atoms with van der Waals surface area (Å²) in [5, 5.41) is 3.15. The smallest absolute Gasteiger partial charge is 0.240 e. The van der Waals surface area contributed by atoms with Gasteiger partial charge in [-0.1, -0.05) is 32.1 Å². The molecule has 1 atom stereocenters. The van der Waals surface area contributed by atoms with Crippen LogP contribution in [-0.2, 0) is 4.79 Å². The number of rotatable bonds is 6. The molecular formula is C13H19N3OS2. The fraction of sp³-hybridized carbons (Fsp3) is 0.385. The predicted molar refractivity (Wildman–Crippen MR) is 85.6 cm³/mol. The molecule has 1 amide bonds. The van der Waals surface area contributed by atoms with E-state index in [9.17, 15) is 4.79 Å². The highest BCUT2D eigenvalue weighted by atomic mass is 32.2. The van der Waals surface area contributed by atoms with Gasteiger partial charge in [0, 0.05) is 16.1 Å². The molecule has 0 saturated carbocycles. The van der Waals surface area contributed by atoms with Crippen LogP contribution in [0.4, 0.5) is 5.69 Å². The summed E-state index contributed by atoms with van der Waals surface area (Å²) in [7, 11) is 0. The molecule has 0 heterocycles. The van der Waals surface area contributed by atoms with Gasteiger partial charge in [-0.3, -0.25) is 4.79 Å². The van der Waals surface area contributed by atoms with E-state index < -0.39 is 11.9 Å². The standard InChI is InChI=1S/C13H19N3OS2/c1-7(2)11(12(14)17)16-8-5-4-6-9(19-3)10(8)13(15)18/h4-7,11,16H,1-3H3,(H2,14,17)(H2,15,18). The molecule has 1 aromatic rings. The minimum Gasteiger partial charge on any atom is -0.389 e. The maximum atomic E-state index is 11.5. The van der Waals surface area contributed by atoms with Crippen molar-refractivity contribution in [2.45, 2.75) is 24.8 Å². The van der Waals surface area contributed by atoms with Crippen LogP contribution in [0.1, 0.15) is 19.4 Å². The summed E-state index contributed by atoms with van der Waals surface area (Å²) in [4.78, 5) is 12.8. The zero-order valence-corrected chi connectivity index (χ0v) is 12.9. The zero-order valence-electron chi connectivity index (χ0n) is 11.3. The fourth-order valence-corrected chi connectivity index (χ4v) is 2.73. The molecule has 0 aliphatic rings. The van der Waals surface area contributed by atoms with E-state index in [0.29, 0.717) is 4.99 Å². The number of hydrogen-bond acceptors (Lipinski definition) is 4. The lowest BCUT2D eigenvalue weighted by Crippen LogP contribution is -2.40. The Morgan fingerprint density at radius 3 is 2.42 bits per heavy atom. The Morgan fingerprint density at radius 2 is 2.00 bits per heavy atom. The van der Waals surface area contributed by atoms with Crippen LogP contribution in [-0.4, -0.2) is 23.2 Å². The summed E-state index contributed by atoms with van der Waals surface area (Å²) in [6.07, 6.45) is 1.95. The minimum absolute atomic E-state index is 0.0784. The number of carbonyl (C=O) groups is 1. The Bertz CT molecular complexity index is 489. The van der Waals surface area contributed by atoms with Gasteiger partial charge in [0.15, 0.2) is 0 Å². The summed E-state index contributed by atoms with van der Waals surface area (Å²) in [6, 6.07) is 5.24. The summed E-state index contributed by atoms with van der Waals surface area (Å²) in [6.45, 7) is 3.86. The van der Waals surface area contributed by atoms with Crippen molar-refractivity contribution >= 4 is 40.6 Å². The number of thioether (sulfide) groups is 1. The molecule has 1 unspecified atom stereocenters. The first-order valence-electron chi connectivity index (χ1n) is 5.91. The number of benzene rings is 1. The molecule has 0 aromatic heterocycles. The van der Waals surface area contributed by atoms with Crippen molar-refractivity contribution in [3.05, 3.63) is 23.8 Å². The second-order valence-corrected chi connectivity index (χ2v) is 5.80. The number of primary amides is 1. The monoisotopic (exact) mass is 297 g/mol. The highest BCUT2D eigenvalue weighted by molar-refractivity contribution is 7.98. The number of amides is 1. The number of hydrogen-bond donors (Lipinski definition) is 3. The van der Waals surface area contributed by atoms with Crippen LogP contribution < -0.4 is 16.8 Å². The second kappa shape index (κ2) is 6.77. The van der Waals surface area contributed by atoms with Gasteiger partial charge in [-0.15, -0.1) is 11.8 Å².